The SMILES string of the molecule is O=C(CSc1nc2ncc(Cl)cc2[nH]1)N1CCN(S(=O)(=O)/C=C/c2ccccc2)CC1. The van der Waals surface area contributed by atoms with Gasteiger partial charge >= 0.3 is 0 Å². The second-order valence-electron chi connectivity index (χ2n) is 6.89. The summed E-state index contributed by atoms with van der Waals surface area (Å²) in [6.07, 6.45) is 3.10. The van der Waals surface area contributed by atoms with Crippen molar-refractivity contribution in [2.75, 3.05) is 31.9 Å². The topological polar surface area (TPSA) is 99.3 Å². The molecule has 1 aliphatic rings. The number of nitrogens with zero attached hydrogens (tertiary/aromatic N) is 4. The van der Waals surface area contributed by atoms with Crippen LogP contribution in [0.25, 0.3) is 17.2 Å². The van der Waals surface area contributed by atoms with Gasteiger partial charge in [0.25, 0.3) is 0 Å². The molecule has 0 unspecified atom stereocenters. The Labute approximate surface area is 189 Å². The lowest BCUT2D eigenvalue weighted by atomic mass is 10.2. The number of thioether (sulfide) groups is 1. The van der Waals surface area contributed by atoms with Crippen molar-refractivity contribution in [1.29, 1.82) is 0 Å². The molecule has 0 atom stereocenters. The first-order chi connectivity index (χ1) is 14.9. The number of hydrogen-bond acceptors (Lipinski definition) is 6. The molecule has 162 valence electrons. The number of benzene rings is 1. The highest BCUT2D eigenvalue weighted by Gasteiger charge is 2.27. The monoisotopic (exact) mass is 477 g/mol. The van der Waals surface area contributed by atoms with E-state index in [1.165, 1.54) is 27.7 Å². The molecule has 8 nitrogen and oxygen atoms in total. The van der Waals surface area contributed by atoms with Crippen LogP contribution in [0.5, 0.6) is 0 Å². The van der Waals surface area contributed by atoms with Gasteiger partial charge in [-0.15, -0.1) is 0 Å². The summed E-state index contributed by atoms with van der Waals surface area (Å²) in [4.78, 5) is 25.8. The Morgan fingerprint density at radius 1 is 1.19 bits per heavy atom. The summed E-state index contributed by atoms with van der Waals surface area (Å²) in [7, 11) is -3.53. The quantitative estimate of drug-likeness (QED) is 0.548. The summed E-state index contributed by atoms with van der Waals surface area (Å²) in [5.74, 6) is 0.141. The van der Waals surface area contributed by atoms with Crippen LogP contribution in [0.1, 0.15) is 5.56 Å². The Kier molecular flexibility index (Phi) is 6.61. The van der Waals surface area contributed by atoms with Crippen LogP contribution in [-0.4, -0.2) is 70.4 Å². The number of imidazole rings is 1. The highest BCUT2D eigenvalue weighted by molar-refractivity contribution is 7.99. The first-order valence-corrected chi connectivity index (χ1v) is 12.4. The van der Waals surface area contributed by atoms with E-state index in [0.717, 1.165) is 5.56 Å². The van der Waals surface area contributed by atoms with Crippen LogP contribution in [0.4, 0.5) is 0 Å². The number of aromatic amines is 1. The van der Waals surface area contributed by atoms with Gasteiger partial charge in [-0.1, -0.05) is 53.7 Å². The molecule has 31 heavy (non-hydrogen) atoms. The van der Waals surface area contributed by atoms with Gasteiger partial charge in [0.05, 0.1) is 16.3 Å². The zero-order valence-corrected chi connectivity index (χ0v) is 18.8. The van der Waals surface area contributed by atoms with Gasteiger partial charge in [0.1, 0.15) is 0 Å². The number of amides is 1. The second-order valence-corrected chi connectivity index (χ2v) is 10.1. The van der Waals surface area contributed by atoms with Crippen molar-refractivity contribution in [3.05, 3.63) is 58.6 Å². The molecule has 0 spiro atoms. The standard InChI is InChI=1S/C20H20ClN5O3S2/c21-16-12-17-19(22-13-16)24-20(23-17)30-14-18(27)25-7-9-26(10-8-25)31(28,29)11-6-15-4-2-1-3-5-15/h1-6,11-13H,7-10,14H2,(H,22,23,24)/b11-6+. The zero-order valence-electron chi connectivity index (χ0n) is 16.4. The number of carbonyl (C=O) groups is 1. The number of halogens is 1. The van der Waals surface area contributed by atoms with E-state index in [0.29, 0.717) is 34.4 Å². The summed E-state index contributed by atoms with van der Waals surface area (Å²) in [6.45, 7) is 1.25. The molecule has 1 amide bonds. The van der Waals surface area contributed by atoms with Crippen molar-refractivity contribution in [2.24, 2.45) is 0 Å². The Morgan fingerprint density at radius 2 is 1.94 bits per heavy atom. The molecule has 11 heteroatoms. The van der Waals surface area contributed by atoms with E-state index in [2.05, 4.69) is 15.0 Å². The lowest BCUT2D eigenvalue weighted by Crippen LogP contribution is -2.50. The average molecular weight is 478 g/mol. The summed E-state index contributed by atoms with van der Waals surface area (Å²) >= 11 is 7.20. The van der Waals surface area contributed by atoms with Crippen LogP contribution in [0.3, 0.4) is 0 Å². The van der Waals surface area contributed by atoms with E-state index in [1.54, 1.807) is 17.0 Å². The Morgan fingerprint density at radius 3 is 2.68 bits per heavy atom. The van der Waals surface area contributed by atoms with Gasteiger partial charge in [-0.3, -0.25) is 4.79 Å². The largest absolute Gasteiger partial charge is 0.339 e. The summed E-state index contributed by atoms with van der Waals surface area (Å²) < 4.78 is 26.5. The molecule has 0 radical (unpaired) electrons. The molecular formula is C20H20ClN5O3S2. The van der Waals surface area contributed by atoms with E-state index >= 15 is 0 Å². The Bertz CT molecular complexity index is 1210. The predicted octanol–water partition coefficient (Wildman–Crippen LogP) is 2.85. The molecule has 2 aromatic heterocycles. The van der Waals surface area contributed by atoms with Crippen molar-refractivity contribution in [2.45, 2.75) is 5.16 Å². The van der Waals surface area contributed by atoms with Crippen LogP contribution >= 0.6 is 23.4 Å². The molecule has 3 aromatic rings. The lowest BCUT2D eigenvalue weighted by Gasteiger charge is -2.33. The van der Waals surface area contributed by atoms with Gasteiger partial charge in [-0.05, 0) is 17.7 Å². The Balaban J connectivity index is 1.29. The van der Waals surface area contributed by atoms with Crippen molar-refractivity contribution in [1.82, 2.24) is 24.2 Å². The smallest absolute Gasteiger partial charge is 0.236 e. The minimum atomic E-state index is -3.53. The van der Waals surface area contributed by atoms with Gasteiger partial charge in [0, 0.05) is 37.8 Å². The van der Waals surface area contributed by atoms with Crippen LogP contribution in [-0.2, 0) is 14.8 Å². The molecule has 1 aliphatic heterocycles. The van der Waals surface area contributed by atoms with E-state index in [9.17, 15) is 13.2 Å². The maximum absolute atomic E-state index is 12.6. The molecule has 1 saturated heterocycles. The first-order valence-electron chi connectivity index (χ1n) is 9.56. The van der Waals surface area contributed by atoms with Gasteiger partial charge in [-0.25, -0.2) is 18.4 Å². The molecule has 1 N–H and O–H groups in total. The normalized spacial score (nSPS) is 15.7. The summed E-state index contributed by atoms with van der Waals surface area (Å²) in [5, 5.41) is 2.32. The van der Waals surface area contributed by atoms with E-state index < -0.39 is 10.0 Å². The summed E-state index contributed by atoms with van der Waals surface area (Å²) in [6, 6.07) is 11.0. The third kappa shape index (κ3) is 5.45. The maximum atomic E-state index is 12.6. The van der Waals surface area contributed by atoms with Gasteiger partial charge in [0.2, 0.25) is 15.9 Å². The average Bonchev–Trinajstić information content (AvgIpc) is 3.19. The number of nitrogens with one attached hydrogen (secondary N) is 1. The first kappa shape index (κ1) is 21.8. The maximum Gasteiger partial charge on any atom is 0.236 e. The minimum absolute atomic E-state index is 0.0617. The number of aromatic nitrogens is 3. The van der Waals surface area contributed by atoms with Crippen LogP contribution in [0.15, 0.2) is 53.2 Å². The number of H-pyrrole nitrogens is 1. The fraction of sp³-hybridized carbons (Fsp3) is 0.250. The van der Waals surface area contributed by atoms with Gasteiger partial charge in [-0.2, -0.15) is 4.31 Å². The number of fused-ring (bicyclic) bond motifs is 1. The summed E-state index contributed by atoms with van der Waals surface area (Å²) in [5.41, 5.74) is 2.08. The molecule has 1 fully saturated rings. The number of hydrogen-bond donors (Lipinski definition) is 1. The molecular weight excluding hydrogens is 458 g/mol. The zero-order chi connectivity index (χ0) is 21.8. The Hall–Kier alpha value is -2.40. The fourth-order valence-corrected chi connectivity index (χ4v) is 5.26. The van der Waals surface area contributed by atoms with Gasteiger partial charge in [0.15, 0.2) is 10.8 Å². The molecule has 0 aliphatic carbocycles. The fourth-order valence-electron chi connectivity index (χ4n) is 3.15. The van der Waals surface area contributed by atoms with Crippen molar-refractivity contribution < 1.29 is 13.2 Å². The third-order valence-electron chi connectivity index (χ3n) is 4.80. The molecule has 1 aromatic carbocycles. The third-order valence-corrected chi connectivity index (χ3v) is 7.43. The number of pyridine rings is 1. The number of rotatable bonds is 6. The van der Waals surface area contributed by atoms with Crippen molar-refractivity contribution in [3.63, 3.8) is 0 Å². The molecule has 3 heterocycles. The number of piperazine rings is 1. The van der Waals surface area contributed by atoms with E-state index in [-0.39, 0.29) is 24.7 Å². The predicted molar refractivity (Wildman–Crippen MR) is 122 cm³/mol. The molecule has 4 rings (SSSR count). The molecule has 0 saturated carbocycles. The van der Waals surface area contributed by atoms with E-state index in [4.69, 9.17) is 11.6 Å². The minimum Gasteiger partial charge on any atom is -0.339 e. The van der Waals surface area contributed by atoms with Gasteiger partial charge < -0.3 is 9.88 Å². The number of sulfonamides is 1. The lowest BCUT2D eigenvalue weighted by molar-refractivity contribution is -0.129. The highest BCUT2D eigenvalue weighted by Crippen LogP contribution is 2.21. The highest BCUT2D eigenvalue weighted by atomic mass is 35.5. The molecule has 0 bridgehead atoms. The number of carbonyl (C=O) groups excluding carboxylic acids is 1. The van der Waals surface area contributed by atoms with Crippen molar-refractivity contribution in [3.8, 4) is 0 Å². The van der Waals surface area contributed by atoms with Crippen LogP contribution < -0.4 is 0 Å². The van der Waals surface area contributed by atoms with Crippen LogP contribution in [0, 0.1) is 0 Å². The van der Waals surface area contributed by atoms with Crippen molar-refractivity contribution >= 4 is 56.5 Å². The van der Waals surface area contributed by atoms with E-state index in [1.807, 2.05) is 30.3 Å². The second kappa shape index (κ2) is 9.39. The van der Waals surface area contributed by atoms with Crippen LogP contribution in [0.2, 0.25) is 5.02 Å².